The quantitative estimate of drug-likeness (QED) is 0.624. The number of halogens is 1. The Kier molecular flexibility index (Phi) is 4.34. The van der Waals surface area contributed by atoms with Crippen LogP contribution < -0.4 is 10.0 Å². The van der Waals surface area contributed by atoms with Crippen molar-refractivity contribution in [1.82, 2.24) is 20.2 Å². The minimum absolute atomic E-state index is 0.0751. The Bertz CT molecular complexity index is 770. The number of rotatable bonds is 4. The summed E-state index contributed by atoms with van der Waals surface area (Å²) in [7, 11) is -4.00. The summed E-state index contributed by atoms with van der Waals surface area (Å²) in [6, 6.07) is 1.49. The standard InChI is InChI=1S/C9H9ClN6O3S2/c1-4-3-6(10)13-7(11-4)16-21(18,19)9-15-14-8(20-9)12-5(2)17/h3H,1-2H3,(H,11,13,16)(H,12,14,17). The van der Waals surface area contributed by atoms with Crippen LogP contribution in [0.25, 0.3) is 0 Å². The van der Waals surface area contributed by atoms with E-state index in [4.69, 9.17) is 11.6 Å². The molecular weight excluding hydrogens is 340 g/mol. The van der Waals surface area contributed by atoms with E-state index in [0.29, 0.717) is 17.0 Å². The Morgan fingerprint density at radius 1 is 1.33 bits per heavy atom. The summed E-state index contributed by atoms with van der Waals surface area (Å²) in [4.78, 5) is 18.5. The number of nitrogens with one attached hydrogen (secondary N) is 2. The molecule has 12 heteroatoms. The van der Waals surface area contributed by atoms with Gasteiger partial charge in [0.05, 0.1) is 0 Å². The predicted octanol–water partition coefficient (Wildman–Crippen LogP) is 1.05. The first-order valence-corrected chi connectivity index (χ1v) is 8.09. The number of carbonyl (C=O) groups is 1. The lowest BCUT2D eigenvalue weighted by Gasteiger charge is -2.04. The summed E-state index contributed by atoms with van der Waals surface area (Å²) in [6.07, 6.45) is 0. The molecule has 1 amide bonds. The van der Waals surface area contributed by atoms with Crippen LogP contribution >= 0.6 is 22.9 Å². The maximum Gasteiger partial charge on any atom is 0.293 e. The molecule has 0 saturated heterocycles. The van der Waals surface area contributed by atoms with E-state index >= 15 is 0 Å². The molecule has 0 bridgehead atoms. The van der Waals surface area contributed by atoms with Crippen molar-refractivity contribution in [3.63, 3.8) is 0 Å². The van der Waals surface area contributed by atoms with Gasteiger partial charge in [0.2, 0.25) is 17.0 Å². The Labute approximate surface area is 128 Å². The van der Waals surface area contributed by atoms with Gasteiger partial charge in [0.25, 0.3) is 14.4 Å². The van der Waals surface area contributed by atoms with Gasteiger partial charge in [0, 0.05) is 12.6 Å². The number of aryl methyl sites for hydroxylation is 1. The van der Waals surface area contributed by atoms with Crippen LogP contribution in [0.15, 0.2) is 10.4 Å². The predicted molar refractivity (Wildman–Crippen MR) is 76.8 cm³/mol. The average molecular weight is 349 g/mol. The van der Waals surface area contributed by atoms with Crippen molar-refractivity contribution >= 4 is 49.9 Å². The summed E-state index contributed by atoms with van der Waals surface area (Å²) in [5.41, 5.74) is 0.504. The lowest BCUT2D eigenvalue weighted by atomic mass is 10.5. The maximum absolute atomic E-state index is 12.1. The van der Waals surface area contributed by atoms with Crippen LogP contribution in [0.2, 0.25) is 5.15 Å². The van der Waals surface area contributed by atoms with Crippen molar-refractivity contribution < 1.29 is 13.2 Å². The number of hydrogen-bond acceptors (Lipinski definition) is 8. The first-order valence-electron chi connectivity index (χ1n) is 5.41. The summed E-state index contributed by atoms with van der Waals surface area (Å²) in [6.45, 7) is 2.92. The second kappa shape index (κ2) is 5.87. The van der Waals surface area contributed by atoms with Gasteiger partial charge in [-0.25, -0.2) is 14.7 Å². The van der Waals surface area contributed by atoms with E-state index in [-0.39, 0.29) is 26.5 Å². The molecule has 0 aliphatic heterocycles. The molecule has 0 unspecified atom stereocenters. The van der Waals surface area contributed by atoms with Crippen molar-refractivity contribution in [2.24, 2.45) is 0 Å². The fourth-order valence-corrected chi connectivity index (χ4v) is 3.39. The number of anilines is 2. The van der Waals surface area contributed by atoms with Crippen LogP contribution in [0.1, 0.15) is 12.6 Å². The molecule has 2 aromatic rings. The highest BCUT2D eigenvalue weighted by Gasteiger charge is 2.22. The summed E-state index contributed by atoms with van der Waals surface area (Å²) < 4.78 is 26.0. The van der Waals surface area contributed by atoms with Crippen LogP contribution in [-0.4, -0.2) is 34.5 Å². The van der Waals surface area contributed by atoms with Crippen molar-refractivity contribution in [1.29, 1.82) is 0 Å². The fraction of sp³-hybridized carbons (Fsp3) is 0.222. The molecule has 0 atom stereocenters. The second-order valence-corrected chi connectivity index (χ2v) is 7.04. The fourth-order valence-electron chi connectivity index (χ4n) is 1.26. The molecule has 0 saturated carbocycles. The lowest BCUT2D eigenvalue weighted by Crippen LogP contribution is -2.15. The second-order valence-electron chi connectivity index (χ2n) is 3.82. The first-order chi connectivity index (χ1) is 9.76. The Hall–Kier alpha value is -1.85. The summed E-state index contributed by atoms with van der Waals surface area (Å²) in [5, 5.41) is 9.57. The van der Waals surface area contributed by atoms with Crippen molar-refractivity contribution in [3.8, 4) is 0 Å². The van der Waals surface area contributed by atoms with Crippen molar-refractivity contribution in [2.75, 3.05) is 10.0 Å². The zero-order chi connectivity index (χ0) is 15.6. The molecule has 0 fully saturated rings. The van der Waals surface area contributed by atoms with E-state index in [9.17, 15) is 13.2 Å². The zero-order valence-electron chi connectivity index (χ0n) is 10.8. The molecular formula is C9H9ClN6O3S2. The third kappa shape index (κ3) is 4.06. The normalized spacial score (nSPS) is 11.2. The topological polar surface area (TPSA) is 127 Å². The number of carbonyl (C=O) groups excluding carboxylic acids is 1. The van der Waals surface area contributed by atoms with E-state index in [1.165, 1.54) is 13.0 Å². The first kappa shape index (κ1) is 15.5. The number of nitrogens with zero attached hydrogens (tertiary/aromatic N) is 4. The van der Waals surface area contributed by atoms with E-state index in [0.717, 1.165) is 0 Å². The Balaban J connectivity index is 2.25. The molecule has 0 aliphatic rings. The Morgan fingerprint density at radius 2 is 2.05 bits per heavy atom. The van der Waals surface area contributed by atoms with Crippen molar-refractivity contribution in [3.05, 3.63) is 16.9 Å². The molecule has 21 heavy (non-hydrogen) atoms. The number of hydrogen-bond donors (Lipinski definition) is 2. The molecule has 2 rings (SSSR count). The van der Waals surface area contributed by atoms with Crippen LogP contribution in [0, 0.1) is 6.92 Å². The highest BCUT2D eigenvalue weighted by molar-refractivity contribution is 7.94. The van der Waals surface area contributed by atoms with Crippen LogP contribution in [0.5, 0.6) is 0 Å². The number of sulfonamides is 1. The lowest BCUT2D eigenvalue weighted by molar-refractivity contribution is -0.114. The molecule has 0 aliphatic carbocycles. The van der Waals surface area contributed by atoms with Gasteiger partial charge in [-0.05, 0) is 13.0 Å². The highest BCUT2D eigenvalue weighted by Crippen LogP contribution is 2.22. The van der Waals surface area contributed by atoms with Gasteiger partial charge in [-0.15, -0.1) is 10.2 Å². The third-order valence-corrected chi connectivity index (χ3v) is 4.70. The Morgan fingerprint density at radius 3 is 2.67 bits per heavy atom. The molecule has 2 N–H and O–H groups in total. The minimum Gasteiger partial charge on any atom is -0.301 e. The molecule has 0 spiro atoms. The maximum atomic E-state index is 12.1. The van der Waals surface area contributed by atoms with Gasteiger partial charge in [0.1, 0.15) is 5.15 Å². The van der Waals surface area contributed by atoms with E-state index in [1.54, 1.807) is 6.92 Å². The number of aromatic nitrogens is 4. The van der Waals surface area contributed by atoms with Crippen molar-refractivity contribution in [2.45, 2.75) is 18.2 Å². The smallest absolute Gasteiger partial charge is 0.293 e. The van der Waals surface area contributed by atoms with Gasteiger partial charge in [-0.1, -0.05) is 22.9 Å². The molecule has 0 radical (unpaired) electrons. The average Bonchev–Trinajstić information content (AvgIpc) is 2.74. The molecule has 2 aromatic heterocycles. The molecule has 0 aromatic carbocycles. The summed E-state index contributed by atoms with van der Waals surface area (Å²) >= 11 is 6.43. The zero-order valence-corrected chi connectivity index (χ0v) is 13.2. The van der Waals surface area contributed by atoms with E-state index in [2.05, 4.69) is 30.2 Å². The van der Waals surface area contributed by atoms with E-state index < -0.39 is 10.0 Å². The van der Waals surface area contributed by atoms with Gasteiger partial charge >= 0.3 is 0 Å². The van der Waals surface area contributed by atoms with Gasteiger partial charge < -0.3 is 5.32 Å². The highest BCUT2D eigenvalue weighted by atomic mass is 35.5. The van der Waals surface area contributed by atoms with Crippen LogP contribution in [0.3, 0.4) is 0 Å². The number of amides is 1. The van der Waals surface area contributed by atoms with Gasteiger partial charge in [-0.2, -0.15) is 8.42 Å². The minimum atomic E-state index is -4.00. The van der Waals surface area contributed by atoms with E-state index in [1.807, 2.05) is 0 Å². The molecule has 9 nitrogen and oxygen atoms in total. The summed E-state index contributed by atoms with van der Waals surface area (Å²) in [5.74, 6) is -0.548. The monoisotopic (exact) mass is 348 g/mol. The molecule has 2 heterocycles. The SMILES string of the molecule is CC(=O)Nc1nnc(S(=O)(=O)Nc2nc(C)cc(Cl)n2)s1. The largest absolute Gasteiger partial charge is 0.301 e. The van der Waals surface area contributed by atoms with Gasteiger partial charge in [0.15, 0.2) is 0 Å². The molecule has 112 valence electrons. The van der Waals surface area contributed by atoms with Gasteiger partial charge in [-0.3, -0.25) is 4.79 Å². The van der Waals surface area contributed by atoms with Crippen LogP contribution in [-0.2, 0) is 14.8 Å². The third-order valence-electron chi connectivity index (χ3n) is 1.97. The van der Waals surface area contributed by atoms with Crippen LogP contribution in [0.4, 0.5) is 11.1 Å².